The third-order valence-electron chi connectivity index (χ3n) is 4.90. The molecule has 2 N–H and O–H groups in total. The second kappa shape index (κ2) is 11.0. The number of aryl methyl sites for hydroxylation is 1. The molecule has 2 aromatic carbocycles. The maximum absolute atomic E-state index is 10.9. The van der Waals surface area contributed by atoms with Gasteiger partial charge in [-0.3, -0.25) is 15.1 Å². The zero-order valence-corrected chi connectivity index (χ0v) is 18.6. The van der Waals surface area contributed by atoms with Crippen LogP contribution in [0.1, 0.15) is 29.2 Å². The number of nitrogens with zero attached hydrogens (tertiary/aromatic N) is 1. The Balaban J connectivity index is 1.29. The highest BCUT2D eigenvalue weighted by Gasteiger charge is 2.12. The van der Waals surface area contributed by atoms with Crippen LogP contribution in [-0.2, 0) is 22.8 Å². The van der Waals surface area contributed by atoms with Crippen molar-refractivity contribution in [1.82, 2.24) is 10.5 Å². The summed E-state index contributed by atoms with van der Waals surface area (Å²) in [4.78, 5) is 20.9. The van der Waals surface area contributed by atoms with Crippen LogP contribution in [0.3, 0.4) is 0 Å². The number of carboxylic acid groups (broad SMARTS) is 1. The molecular formula is C26H24N2O6. The minimum absolute atomic E-state index is 0.156. The van der Waals surface area contributed by atoms with Gasteiger partial charge in [0.2, 0.25) is 5.89 Å². The maximum atomic E-state index is 10.9. The molecule has 34 heavy (non-hydrogen) atoms. The van der Waals surface area contributed by atoms with Crippen LogP contribution >= 0.6 is 0 Å². The van der Waals surface area contributed by atoms with E-state index in [1.54, 1.807) is 12.1 Å². The third kappa shape index (κ3) is 6.14. The molecule has 0 saturated carbocycles. The molecule has 0 amide bonds. The number of carboxylic acids is 1. The van der Waals surface area contributed by atoms with E-state index in [4.69, 9.17) is 23.5 Å². The van der Waals surface area contributed by atoms with E-state index in [0.717, 1.165) is 22.6 Å². The number of aliphatic carboxylic acids is 1. The van der Waals surface area contributed by atoms with Gasteiger partial charge in [0, 0.05) is 5.56 Å². The average Bonchev–Trinajstić information content (AvgIpc) is 3.51. The van der Waals surface area contributed by atoms with Crippen LogP contribution in [0.25, 0.3) is 17.2 Å². The topological polar surface area (TPSA) is 107 Å². The number of benzene rings is 2. The fourth-order valence-electron chi connectivity index (χ4n) is 3.11. The fraction of sp³-hybridized carbons (Fsp3) is 0.154. The summed E-state index contributed by atoms with van der Waals surface area (Å²) in [6, 6.07) is 20.6. The second-order valence-corrected chi connectivity index (χ2v) is 7.40. The first-order valence-electron chi connectivity index (χ1n) is 10.7. The first kappa shape index (κ1) is 22.9. The van der Waals surface area contributed by atoms with E-state index in [1.807, 2.05) is 61.5 Å². The molecule has 8 nitrogen and oxygen atoms in total. The molecule has 4 aromatic rings. The molecule has 4 rings (SSSR count). The van der Waals surface area contributed by atoms with Gasteiger partial charge in [0.25, 0.3) is 0 Å². The summed E-state index contributed by atoms with van der Waals surface area (Å²) in [6.45, 7) is 2.42. The van der Waals surface area contributed by atoms with Gasteiger partial charge in [-0.05, 0) is 55.0 Å². The van der Waals surface area contributed by atoms with Gasteiger partial charge in [0.15, 0.2) is 5.76 Å². The van der Waals surface area contributed by atoms with Crippen LogP contribution in [0.5, 0.6) is 5.75 Å². The molecule has 0 aliphatic carbocycles. The number of oxazole rings is 1. The highest BCUT2D eigenvalue weighted by molar-refractivity contribution is 5.72. The summed E-state index contributed by atoms with van der Waals surface area (Å²) in [5.41, 5.74) is 5.78. The van der Waals surface area contributed by atoms with E-state index >= 15 is 0 Å². The molecule has 0 aliphatic heterocycles. The van der Waals surface area contributed by atoms with Gasteiger partial charge in [0.1, 0.15) is 23.8 Å². The van der Waals surface area contributed by atoms with Crippen molar-refractivity contribution in [2.24, 2.45) is 0 Å². The Morgan fingerprint density at radius 3 is 2.56 bits per heavy atom. The predicted molar refractivity (Wildman–Crippen MR) is 124 cm³/mol. The Hall–Kier alpha value is -4.30. The van der Waals surface area contributed by atoms with E-state index in [9.17, 15) is 4.79 Å². The minimum Gasteiger partial charge on any atom is -0.487 e. The van der Waals surface area contributed by atoms with Crippen LogP contribution in [-0.4, -0.2) is 16.1 Å². The molecule has 174 valence electrons. The van der Waals surface area contributed by atoms with Crippen molar-refractivity contribution in [1.29, 1.82) is 0 Å². The largest absolute Gasteiger partial charge is 0.487 e. The monoisotopic (exact) mass is 460 g/mol. The van der Waals surface area contributed by atoms with Crippen LogP contribution in [0, 0.1) is 6.92 Å². The predicted octanol–water partition coefficient (Wildman–Crippen LogP) is 5.36. The van der Waals surface area contributed by atoms with Gasteiger partial charge in [-0.15, -0.1) is 0 Å². The smallest absolute Gasteiger partial charge is 0.307 e. The number of ether oxygens (including phenoxy) is 1. The Bertz CT molecular complexity index is 1230. The fourth-order valence-corrected chi connectivity index (χ4v) is 3.11. The number of nitrogens with one attached hydrogen (secondary N) is 1. The number of hydroxylamine groups is 1. The minimum atomic E-state index is -0.946. The van der Waals surface area contributed by atoms with E-state index in [1.165, 1.54) is 12.3 Å². The summed E-state index contributed by atoms with van der Waals surface area (Å²) < 4.78 is 17.0. The van der Waals surface area contributed by atoms with E-state index < -0.39 is 5.97 Å². The van der Waals surface area contributed by atoms with Crippen LogP contribution in [0.4, 0.5) is 0 Å². The van der Waals surface area contributed by atoms with Crippen molar-refractivity contribution in [2.45, 2.75) is 26.6 Å². The zero-order chi connectivity index (χ0) is 23.8. The third-order valence-corrected chi connectivity index (χ3v) is 4.90. The highest BCUT2D eigenvalue weighted by atomic mass is 16.6. The average molecular weight is 460 g/mol. The van der Waals surface area contributed by atoms with Crippen molar-refractivity contribution in [3.05, 3.63) is 102 Å². The first-order chi connectivity index (χ1) is 16.6. The summed E-state index contributed by atoms with van der Waals surface area (Å²) >= 11 is 0. The van der Waals surface area contributed by atoms with Gasteiger partial charge in [-0.25, -0.2) is 4.98 Å². The Morgan fingerprint density at radius 1 is 1.06 bits per heavy atom. The van der Waals surface area contributed by atoms with Gasteiger partial charge in [0.05, 0.1) is 25.0 Å². The molecule has 2 heterocycles. The molecule has 0 fully saturated rings. The summed E-state index contributed by atoms with van der Waals surface area (Å²) in [5, 5.41) is 8.91. The second-order valence-electron chi connectivity index (χ2n) is 7.40. The quantitative estimate of drug-likeness (QED) is 0.288. The van der Waals surface area contributed by atoms with E-state index in [2.05, 4.69) is 10.5 Å². The lowest BCUT2D eigenvalue weighted by Gasteiger charge is -2.10. The summed E-state index contributed by atoms with van der Waals surface area (Å²) in [6.07, 6.45) is 2.84. The maximum Gasteiger partial charge on any atom is 0.307 e. The molecule has 0 spiro atoms. The lowest BCUT2D eigenvalue weighted by Crippen LogP contribution is -2.13. The zero-order valence-electron chi connectivity index (χ0n) is 18.6. The normalized spacial score (nSPS) is 11.4. The summed E-state index contributed by atoms with van der Waals surface area (Å²) in [5.74, 6) is 1.53. The number of carbonyl (C=O) groups is 1. The molecule has 0 saturated heterocycles. The molecule has 0 bridgehead atoms. The van der Waals surface area contributed by atoms with E-state index in [-0.39, 0.29) is 13.0 Å². The van der Waals surface area contributed by atoms with Crippen molar-refractivity contribution in [3.63, 3.8) is 0 Å². The number of hydrogen-bond donors (Lipinski definition) is 2. The molecular weight excluding hydrogens is 436 g/mol. The van der Waals surface area contributed by atoms with E-state index in [0.29, 0.717) is 29.7 Å². The Morgan fingerprint density at radius 2 is 1.85 bits per heavy atom. The van der Waals surface area contributed by atoms with Gasteiger partial charge in [-0.2, -0.15) is 0 Å². The van der Waals surface area contributed by atoms with Crippen LogP contribution in [0.15, 0.2) is 87.9 Å². The van der Waals surface area contributed by atoms with Crippen LogP contribution < -0.4 is 10.2 Å². The van der Waals surface area contributed by atoms with Gasteiger partial charge in [-0.1, -0.05) is 30.3 Å². The van der Waals surface area contributed by atoms with Crippen molar-refractivity contribution in [2.75, 3.05) is 0 Å². The SMILES string of the molecule is Cc1oc(-c2ccccc2)nc1COc1ccc(CONC(=CCC(=O)O)c2ccco2)cc1. The molecule has 0 aliphatic rings. The lowest BCUT2D eigenvalue weighted by molar-refractivity contribution is -0.136. The lowest BCUT2D eigenvalue weighted by atomic mass is 10.2. The Labute approximate surface area is 196 Å². The highest BCUT2D eigenvalue weighted by Crippen LogP contribution is 2.23. The molecule has 0 atom stereocenters. The first-order valence-corrected chi connectivity index (χ1v) is 10.7. The van der Waals surface area contributed by atoms with Crippen molar-refractivity contribution >= 4 is 11.7 Å². The van der Waals surface area contributed by atoms with Gasteiger partial charge >= 0.3 is 5.97 Å². The molecule has 2 aromatic heterocycles. The molecule has 8 heteroatoms. The van der Waals surface area contributed by atoms with Crippen LogP contribution in [0.2, 0.25) is 0 Å². The number of aromatic nitrogens is 1. The Kier molecular flexibility index (Phi) is 7.42. The number of furan rings is 1. The molecule has 0 radical (unpaired) electrons. The number of rotatable bonds is 11. The van der Waals surface area contributed by atoms with Crippen molar-refractivity contribution < 1.29 is 28.3 Å². The number of hydrogen-bond acceptors (Lipinski definition) is 7. The van der Waals surface area contributed by atoms with Crippen molar-refractivity contribution in [3.8, 4) is 17.2 Å². The standard InChI is InChI=1S/C26H24N2O6/c1-18-23(27-26(34-18)20-6-3-2-4-7-20)17-32-21-11-9-19(10-12-21)16-33-28-22(13-14-25(29)30)24-8-5-15-31-24/h2-13,15,28H,14,16-17H2,1H3,(H,29,30). The van der Waals surface area contributed by atoms with Gasteiger partial charge < -0.3 is 18.7 Å². The summed E-state index contributed by atoms with van der Waals surface area (Å²) in [7, 11) is 0. The molecule has 0 unspecified atom stereocenters.